The molecule has 0 aliphatic heterocycles. The molecular formula is C15H20BrNO3. The van der Waals surface area contributed by atoms with E-state index in [1.807, 2.05) is 19.9 Å². The summed E-state index contributed by atoms with van der Waals surface area (Å²) in [6, 6.07) is 5.69. The van der Waals surface area contributed by atoms with Gasteiger partial charge in [0.25, 0.3) is 5.91 Å². The minimum atomic E-state index is -0.0449. The van der Waals surface area contributed by atoms with Gasteiger partial charge in [0, 0.05) is 22.6 Å². The molecule has 1 aromatic rings. The van der Waals surface area contributed by atoms with Gasteiger partial charge >= 0.3 is 0 Å². The average Bonchev–Trinajstić information content (AvgIpc) is 3.17. The van der Waals surface area contributed by atoms with Crippen LogP contribution in [0.2, 0.25) is 0 Å². The number of carbonyl (C=O) groups excluding carboxylic acids is 1. The highest BCUT2D eigenvalue weighted by atomic mass is 79.9. The van der Waals surface area contributed by atoms with Crippen molar-refractivity contribution in [1.82, 2.24) is 4.90 Å². The van der Waals surface area contributed by atoms with Gasteiger partial charge in [0.15, 0.2) is 0 Å². The highest BCUT2D eigenvalue weighted by Crippen LogP contribution is 2.30. The van der Waals surface area contributed by atoms with Gasteiger partial charge in [0.2, 0.25) is 0 Å². The third-order valence-electron chi connectivity index (χ3n) is 3.08. The molecule has 0 aromatic heterocycles. The first kappa shape index (κ1) is 15.3. The molecule has 0 radical (unpaired) electrons. The molecule has 0 heterocycles. The number of benzene rings is 1. The van der Waals surface area contributed by atoms with Crippen LogP contribution in [-0.2, 0) is 0 Å². The third kappa shape index (κ3) is 3.96. The van der Waals surface area contributed by atoms with Crippen molar-refractivity contribution in [3.8, 4) is 5.75 Å². The smallest absolute Gasteiger partial charge is 0.254 e. The Labute approximate surface area is 127 Å². The van der Waals surface area contributed by atoms with E-state index in [-0.39, 0.29) is 24.7 Å². The first-order valence-corrected chi connectivity index (χ1v) is 7.69. The van der Waals surface area contributed by atoms with E-state index in [1.54, 1.807) is 17.0 Å². The molecule has 1 aromatic carbocycles. The van der Waals surface area contributed by atoms with Crippen molar-refractivity contribution in [2.45, 2.75) is 38.8 Å². The molecule has 110 valence electrons. The number of hydrogen-bond acceptors (Lipinski definition) is 3. The Balaban J connectivity index is 2.21. The van der Waals surface area contributed by atoms with Gasteiger partial charge < -0.3 is 14.7 Å². The summed E-state index contributed by atoms with van der Waals surface area (Å²) in [5, 5.41) is 9.11. The lowest BCUT2D eigenvalue weighted by molar-refractivity contribution is 0.0707. The maximum absolute atomic E-state index is 12.5. The van der Waals surface area contributed by atoms with Crippen LogP contribution in [0.15, 0.2) is 22.7 Å². The Morgan fingerprint density at radius 3 is 2.70 bits per heavy atom. The van der Waals surface area contributed by atoms with Crippen LogP contribution in [0.25, 0.3) is 0 Å². The quantitative estimate of drug-likeness (QED) is 0.865. The maximum Gasteiger partial charge on any atom is 0.254 e. The number of aliphatic hydroxyl groups excluding tert-OH is 1. The zero-order valence-electron chi connectivity index (χ0n) is 11.8. The van der Waals surface area contributed by atoms with E-state index in [9.17, 15) is 4.79 Å². The van der Waals surface area contributed by atoms with Crippen LogP contribution in [-0.4, -0.2) is 41.2 Å². The van der Waals surface area contributed by atoms with Gasteiger partial charge in [0.05, 0.1) is 12.7 Å². The fourth-order valence-corrected chi connectivity index (χ4v) is 2.61. The van der Waals surface area contributed by atoms with Crippen LogP contribution in [0.1, 0.15) is 37.0 Å². The molecule has 0 saturated heterocycles. The molecule has 0 unspecified atom stereocenters. The van der Waals surface area contributed by atoms with Crippen LogP contribution >= 0.6 is 15.9 Å². The summed E-state index contributed by atoms with van der Waals surface area (Å²) in [6.45, 7) is 4.28. The van der Waals surface area contributed by atoms with Crippen molar-refractivity contribution in [2.24, 2.45) is 0 Å². The number of amides is 1. The van der Waals surface area contributed by atoms with Gasteiger partial charge in [-0.1, -0.05) is 15.9 Å². The Bertz CT molecular complexity index is 486. The number of rotatable bonds is 6. The standard InChI is InChI=1S/C15H20BrNO3/c1-10(2)20-14-8-11(7-12(16)9-14)15(19)17(5-6-18)13-3-4-13/h7-10,13,18H,3-6H2,1-2H3. The third-order valence-corrected chi connectivity index (χ3v) is 3.54. The van der Waals surface area contributed by atoms with E-state index >= 15 is 0 Å². The van der Waals surface area contributed by atoms with E-state index in [4.69, 9.17) is 9.84 Å². The van der Waals surface area contributed by atoms with Crippen molar-refractivity contribution >= 4 is 21.8 Å². The van der Waals surface area contributed by atoms with Gasteiger partial charge in [0.1, 0.15) is 5.75 Å². The number of hydrogen-bond donors (Lipinski definition) is 1. The summed E-state index contributed by atoms with van der Waals surface area (Å²) in [5.74, 6) is 0.633. The molecule has 0 spiro atoms. The van der Waals surface area contributed by atoms with Gasteiger partial charge in [-0.3, -0.25) is 4.79 Å². The topological polar surface area (TPSA) is 49.8 Å². The van der Waals surface area contributed by atoms with Crippen LogP contribution in [0.3, 0.4) is 0 Å². The second-order valence-electron chi connectivity index (χ2n) is 5.30. The molecule has 0 bridgehead atoms. The number of aliphatic hydroxyl groups is 1. The summed E-state index contributed by atoms with van der Waals surface area (Å²) in [7, 11) is 0. The molecule has 5 heteroatoms. The number of carbonyl (C=O) groups is 1. The van der Waals surface area contributed by atoms with Gasteiger partial charge in [-0.25, -0.2) is 0 Å². The molecule has 20 heavy (non-hydrogen) atoms. The highest BCUT2D eigenvalue weighted by molar-refractivity contribution is 9.10. The Morgan fingerprint density at radius 2 is 2.15 bits per heavy atom. The van der Waals surface area contributed by atoms with E-state index in [0.29, 0.717) is 17.9 Å². The second kappa shape index (κ2) is 6.59. The van der Waals surface area contributed by atoms with Gasteiger partial charge in [-0.2, -0.15) is 0 Å². The summed E-state index contributed by atoms with van der Waals surface area (Å²) >= 11 is 3.41. The molecule has 1 aliphatic rings. The molecule has 1 aliphatic carbocycles. The monoisotopic (exact) mass is 341 g/mol. The summed E-state index contributed by atoms with van der Waals surface area (Å²) in [5.41, 5.74) is 0.593. The highest BCUT2D eigenvalue weighted by Gasteiger charge is 2.32. The molecule has 2 rings (SSSR count). The molecule has 1 N–H and O–H groups in total. The van der Waals surface area contributed by atoms with Crippen molar-refractivity contribution in [3.63, 3.8) is 0 Å². The SMILES string of the molecule is CC(C)Oc1cc(Br)cc(C(=O)N(CCO)C2CC2)c1. The fraction of sp³-hybridized carbons (Fsp3) is 0.533. The minimum Gasteiger partial charge on any atom is -0.491 e. The summed E-state index contributed by atoms with van der Waals surface area (Å²) in [6.07, 6.45) is 2.11. The zero-order chi connectivity index (χ0) is 14.7. The largest absolute Gasteiger partial charge is 0.491 e. The molecular weight excluding hydrogens is 322 g/mol. The van der Waals surface area contributed by atoms with E-state index < -0.39 is 0 Å². The van der Waals surface area contributed by atoms with Crippen molar-refractivity contribution in [1.29, 1.82) is 0 Å². The first-order chi connectivity index (χ1) is 9.51. The number of halogens is 1. The fourth-order valence-electron chi connectivity index (χ4n) is 2.14. The van der Waals surface area contributed by atoms with Crippen molar-refractivity contribution in [2.75, 3.05) is 13.2 Å². The lowest BCUT2D eigenvalue weighted by atomic mass is 10.2. The Hall–Kier alpha value is -1.07. The van der Waals surface area contributed by atoms with Gasteiger partial charge in [-0.05, 0) is 44.9 Å². The summed E-state index contributed by atoms with van der Waals surface area (Å²) in [4.78, 5) is 14.3. The molecule has 1 fully saturated rings. The predicted octanol–water partition coefficient (Wildman–Crippen LogP) is 2.83. The summed E-state index contributed by atoms with van der Waals surface area (Å²) < 4.78 is 6.47. The van der Waals surface area contributed by atoms with Crippen molar-refractivity contribution < 1.29 is 14.6 Å². The molecule has 4 nitrogen and oxygen atoms in total. The lowest BCUT2D eigenvalue weighted by Crippen LogP contribution is -2.35. The van der Waals surface area contributed by atoms with Crippen LogP contribution in [0, 0.1) is 0 Å². The lowest BCUT2D eigenvalue weighted by Gasteiger charge is -2.22. The maximum atomic E-state index is 12.5. The van der Waals surface area contributed by atoms with Crippen LogP contribution < -0.4 is 4.74 Å². The zero-order valence-corrected chi connectivity index (χ0v) is 13.4. The van der Waals surface area contributed by atoms with Crippen LogP contribution in [0.4, 0.5) is 0 Å². The Morgan fingerprint density at radius 1 is 1.45 bits per heavy atom. The van der Waals surface area contributed by atoms with E-state index in [0.717, 1.165) is 17.3 Å². The average molecular weight is 342 g/mol. The van der Waals surface area contributed by atoms with E-state index in [1.165, 1.54) is 0 Å². The minimum absolute atomic E-state index is 0.00834. The van der Waals surface area contributed by atoms with Gasteiger partial charge in [-0.15, -0.1) is 0 Å². The molecule has 0 atom stereocenters. The first-order valence-electron chi connectivity index (χ1n) is 6.90. The normalized spacial score (nSPS) is 14.4. The molecule has 1 amide bonds. The number of nitrogens with zero attached hydrogens (tertiary/aromatic N) is 1. The van der Waals surface area contributed by atoms with E-state index in [2.05, 4.69) is 15.9 Å². The van der Waals surface area contributed by atoms with Crippen molar-refractivity contribution in [3.05, 3.63) is 28.2 Å². The molecule has 1 saturated carbocycles. The second-order valence-corrected chi connectivity index (χ2v) is 6.21. The predicted molar refractivity (Wildman–Crippen MR) is 81.1 cm³/mol. The Kier molecular flexibility index (Phi) is 5.05. The number of ether oxygens (including phenoxy) is 1. The van der Waals surface area contributed by atoms with Crippen LogP contribution in [0.5, 0.6) is 5.75 Å².